The van der Waals surface area contributed by atoms with Crippen molar-refractivity contribution in [3.05, 3.63) is 52.6 Å². The average Bonchev–Trinajstić information content (AvgIpc) is 3.32. The summed E-state index contributed by atoms with van der Waals surface area (Å²) in [5.41, 5.74) is 7.38. The van der Waals surface area contributed by atoms with Gasteiger partial charge in [-0.25, -0.2) is 9.59 Å². The number of aliphatic hydroxyl groups excluding tert-OH is 1. The number of nitrogens with one attached hydrogen (secondary N) is 1. The second-order valence-electron chi connectivity index (χ2n) is 9.56. The van der Waals surface area contributed by atoms with Crippen molar-refractivity contribution >= 4 is 17.8 Å². The van der Waals surface area contributed by atoms with Gasteiger partial charge in [-0.15, -0.1) is 0 Å². The number of likely N-dealkylation sites (tertiary alicyclic amines) is 1. The van der Waals surface area contributed by atoms with Crippen LogP contribution in [0.2, 0.25) is 0 Å². The molecule has 11 heteroatoms. The van der Waals surface area contributed by atoms with Gasteiger partial charge in [-0.1, -0.05) is 19.1 Å². The number of carbonyl (C=O) groups is 2. The lowest BCUT2D eigenvalue weighted by atomic mass is 10.1. The number of urea groups is 1. The standard InChI is InChI=1S/C25H35N7O4/c1-18(17-33)23(34)30-12-14-31(15-13-30)24(35)27-22-8-11-32(25(36)28-22)21-4-2-19(3-5-21)6-9-29-10-7-20(26)16-29/h2-5,8,11,18,20,33H,6-7,9-10,12-17,26H2,1H3,(H,27,28,35,36)/t18-,20+/m1/s1. The van der Waals surface area contributed by atoms with Crippen LogP contribution in [0.5, 0.6) is 0 Å². The molecule has 2 fully saturated rings. The van der Waals surface area contributed by atoms with Gasteiger partial charge in [-0.3, -0.25) is 14.7 Å². The Bertz CT molecular complexity index is 1110. The zero-order valence-electron chi connectivity index (χ0n) is 20.7. The molecule has 36 heavy (non-hydrogen) atoms. The molecule has 11 nitrogen and oxygen atoms in total. The van der Waals surface area contributed by atoms with E-state index in [4.69, 9.17) is 5.73 Å². The number of nitrogens with two attached hydrogens (primary N) is 1. The molecule has 3 heterocycles. The van der Waals surface area contributed by atoms with Crippen LogP contribution in [-0.4, -0.2) is 99.8 Å². The number of aromatic nitrogens is 2. The average molecular weight is 498 g/mol. The van der Waals surface area contributed by atoms with E-state index in [1.54, 1.807) is 29.0 Å². The van der Waals surface area contributed by atoms with Gasteiger partial charge in [0.15, 0.2) is 0 Å². The van der Waals surface area contributed by atoms with E-state index in [0.29, 0.717) is 31.9 Å². The normalized spacial score (nSPS) is 19.4. The fourth-order valence-electron chi connectivity index (χ4n) is 4.55. The van der Waals surface area contributed by atoms with E-state index >= 15 is 0 Å². The number of benzene rings is 1. The molecule has 0 unspecified atom stereocenters. The predicted octanol–water partition coefficient (Wildman–Crippen LogP) is 0.113. The van der Waals surface area contributed by atoms with E-state index in [9.17, 15) is 19.5 Å². The molecule has 2 saturated heterocycles. The van der Waals surface area contributed by atoms with Crippen LogP contribution in [-0.2, 0) is 11.2 Å². The molecule has 0 bridgehead atoms. The molecule has 2 aliphatic rings. The van der Waals surface area contributed by atoms with Crippen molar-refractivity contribution in [3.8, 4) is 5.69 Å². The van der Waals surface area contributed by atoms with Crippen LogP contribution in [0, 0.1) is 5.92 Å². The first-order valence-corrected chi connectivity index (χ1v) is 12.5. The zero-order valence-corrected chi connectivity index (χ0v) is 20.7. The minimum absolute atomic E-state index is 0.118. The number of carbonyl (C=O) groups excluding carboxylic acids is 2. The molecule has 4 N–H and O–H groups in total. The van der Waals surface area contributed by atoms with Gasteiger partial charge in [-0.05, 0) is 43.1 Å². The molecule has 0 spiro atoms. The van der Waals surface area contributed by atoms with Crippen molar-refractivity contribution in [2.24, 2.45) is 11.7 Å². The summed E-state index contributed by atoms with van der Waals surface area (Å²) in [4.78, 5) is 47.1. The fraction of sp³-hybridized carbons (Fsp3) is 0.520. The molecule has 4 rings (SSSR count). The van der Waals surface area contributed by atoms with Crippen molar-refractivity contribution in [2.75, 3.05) is 57.7 Å². The van der Waals surface area contributed by atoms with Gasteiger partial charge in [-0.2, -0.15) is 4.98 Å². The van der Waals surface area contributed by atoms with E-state index < -0.39 is 11.6 Å². The summed E-state index contributed by atoms with van der Waals surface area (Å²) < 4.78 is 1.44. The number of piperazine rings is 1. The third-order valence-electron chi connectivity index (χ3n) is 6.85. The Balaban J connectivity index is 1.30. The van der Waals surface area contributed by atoms with Crippen LogP contribution in [0.15, 0.2) is 41.3 Å². The highest BCUT2D eigenvalue weighted by molar-refractivity contribution is 5.88. The molecular formula is C25H35N7O4. The number of hydrogen-bond donors (Lipinski definition) is 3. The predicted molar refractivity (Wildman–Crippen MR) is 136 cm³/mol. The van der Waals surface area contributed by atoms with E-state index in [1.165, 1.54) is 10.1 Å². The molecule has 3 amide bonds. The number of amides is 3. The summed E-state index contributed by atoms with van der Waals surface area (Å²) in [5.74, 6) is -0.395. The van der Waals surface area contributed by atoms with Crippen molar-refractivity contribution < 1.29 is 14.7 Å². The summed E-state index contributed by atoms with van der Waals surface area (Å²) in [6, 6.07) is 9.31. The highest BCUT2D eigenvalue weighted by atomic mass is 16.3. The Morgan fingerprint density at radius 3 is 2.42 bits per heavy atom. The number of rotatable bonds is 7. The topological polar surface area (TPSA) is 137 Å². The van der Waals surface area contributed by atoms with Crippen LogP contribution in [0.3, 0.4) is 0 Å². The Morgan fingerprint density at radius 2 is 1.81 bits per heavy atom. The maximum absolute atomic E-state index is 12.6. The molecule has 0 aliphatic carbocycles. The molecular weight excluding hydrogens is 462 g/mol. The maximum Gasteiger partial charge on any atom is 0.354 e. The minimum Gasteiger partial charge on any atom is -0.396 e. The number of aliphatic hydroxyl groups is 1. The van der Waals surface area contributed by atoms with E-state index in [1.807, 2.05) is 24.3 Å². The molecule has 2 aliphatic heterocycles. The van der Waals surface area contributed by atoms with Crippen LogP contribution < -0.4 is 16.7 Å². The van der Waals surface area contributed by atoms with E-state index in [0.717, 1.165) is 32.5 Å². The monoisotopic (exact) mass is 497 g/mol. The third kappa shape index (κ3) is 6.28. The van der Waals surface area contributed by atoms with Crippen molar-refractivity contribution in [3.63, 3.8) is 0 Å². The summed E-state index contributed by atoms with van der Waals surface area (Å²) >= 11 is 0. The van der Waals surface area contributed by atoms with Crippen molar-refractivity contribution in [1.29, 1.82) is 0 Å². The quantitative estimate of drug-likeness (QED) is 0.494. The minimum atomic E-state index is -0.486. The summed E-state index contributed by atoms with van der Waals surface area (Å²) in [5, 5.41) is 11.8. The van der Waals surface area contributed by atoms with Gasteiger partial charge in [0, 0.05) is 51.5 Å². The van der Waals surface area contributed by atoms with Crippen molar-refractivity contribution in [1.82, 2.24) is 24.3 Å². The van der Waals surface area contributed by atoms with Gasteiger partial charge in [0.1, 0.15) is 5.82 Å². The molecule has 2 atom stereocenters. The first kappa shape index (κ1) is 25.8. The first-order valence-electron chi connectivity index (χ1n) is 12.5. The highest BCUT2D eigenvalue weighted by Gasteiger charge is 2.27. The molecule has 194 valence electrons. The molecule has 1 aromatic heterocycles. The molecule has 1 aromatic carbocycles. The Labute approximate surface area is 210 Å². The second kappa shape index (κ2) is 11.6. The Kier molecular flexibility index (Phi) is 8.34. The summed E-state index contributed by atoms with van der Waals surface area (Å²) in [6.45, 7) is 5.96. The van der Waals surface area contributed by atoms with Crippen LogP contribution in [0.25, 0.3) is 5.69 Å². The highest BCUT2D eigenvalue weighted by Crippen LogP contribution is 2.13. The lowest BCUT2D eigenvalue weighted by Crippen LogP contribution is -2.53. The largest absolute Gasteiger partial charge is 0.396 e. The fourth-order valence-corrected chi connectivity index (χ4v) is 4.55. The van der Waals surface area contributed by atoms with Crippen molar-refractivity contribution in [2.45, 2.75) is 25.8 Å². The van der Waals surface area contributed by atoms with Gasteiger partial charge in [0.05, 0.1) is 18.2 Å². The van der Waals surface area contributed by atoms with Crippen LogP contribution >= 0.6 is 0 Å². The first-order chi connectivity index (χ1) is 17.3. The lowest BCUT2D eigenvalue weighted by Gasteiger charge is -2.35. The smallest absolute Gasteiger partial charge is 0.354 e. The maximum atomic E-state index is 12.6. The summed E-state index contributed by atoms with van der Waals surface area (Å²) in [6.07, 6.45) is 3.57. The Hall–Kier alpha value is -3.28. The van der Waals surface area contributed by atoms with Crippen LogP contribution in [0.4, 0.5) is 10.6 Å². The van der Waals surface area contributed by atoms with Gasteiger partial charge >= 0.3 is 11.7 Å². The zero-order chi connectivity index (χ0) is 25.7. The summed E-state index contributed by atoms with van der Waals surface area (Å²) in [7, 11) is 0. The number of anilines is 1. The molecule has 0 radical (unpaired) electrons. The molecule has 2 aromatic rings. The second-order valence-corrected chi connectivity index (χ2v) is 9.56. The third-order valence-corrected chi connectivity index (χ3v) is 6.85. The van der Waals surface area contributed by atoms with Gasteiger partial charge in [0.2, 0.25) is 5.91 Å². The van der Waals surface area contributed by atoms with Gasteiger partial charge < -0.3 is 25.5 Å². The number of hydrogen-bond acceptors (Lipinski definition) is 7. The van der Waals surface area contributed by atoms with Crippen LogP contribution in [0.1, 0.15) is 18.9 Å². The van der Waals surface area contributed by atoms with E-state index in [-0.39, 0.29) is 30.4 Å². The number of nitrogens with zero attached hydrogens (tertiary/aromatic N) is 5. The Morgan fingerprint density at radius 1 is 1.11 bits per heavy atom. The lowest BCUT2D eigenvalue weighted by molar-refractivity contribution is -0.137. The SMILES string of the molecule is C[C@H](CO)C(=O)N1CCN(C(=O)Nc2ccn(-c3ccc(CCN4CC[C@H](N)C4)cc3)c(=O)n2)CC1. The van der Waals surface area contributed by atoms with E-state index in [2.05, 4.69) is 15.2 Å². The molecule has 0 saturated carbocycles. The van der Waals surface area contributed by atoms with Gasteiger partial charge in [0.25, 0.3) is 0 Å².